The zero-order valence-corrected chi connectivity index (χ0v) is 11.8. The van der Waals surface area contributed by atoms with E-state index in [1.807, 2.05) is 12.2 Å². The van der Waals surface area contributed by atoms with Crippen molar-refractivity contribution in [3.05, 3.63) is 25.3 Å². The third-order valence-electron chi connectivity index (χ3n) is 2.15. The summed E-state index contributed by atoms with van der Waals surface area (Å²) in [6.45, 7) is 12.0. The summed E-state index contributed by atoms with van der Waals surface area (Å²) < 4.78 is 5.20. The van der Waals surface area contributed by atoms with Crippen LogP contribution in [0.4, 0.5) is 0 Å². The van der Waals surface area contributed by atoms with Crippen molar-refractivity contribution < 1.29 is 9.53 Å². The maximum absolute atomic E-state index is 10.7. The number of carbonyl (C=O) groups is 1. The summed E-state index contributed by atoms with van der Waals surface area (Å²) in [6.07, 6.45) is 5.66. The summed E-state index contributed by atoms with van der Waals surface area (Å²) in [6, 6.07) is 0. The van der Waals surface area contributed by atoms with E-state index in [4.69, 9.17) is 17.0 Å². The van der Waals surface area contributed by atoms with Gasteiger partial charge in [0.05, 0.1) is 6.61 Å². The number of hydrogen-bond donors (Lipinski definition) is 1. The Hall–Kier alpha value is -1.20. The van der Waals surface area contributed by atoms with Crippen LogP contribution in [0.1, 0.15) is 19.8 Å². The lowest BCUT2D eigenvalue weighted by Crippen LogP contribution is -2.29. The molecule has 18 heavy (non-hydrogen) atoms. The first kappa shape index (κ1) is 16.8. The third-order valence-corrected chi connectivity index (χ3v) is 2.37. The van der Waals surface area contributed by atoms with Crippen molar-refractivity contribution in [2.24, 2.45) is 0 Å². The summed E-state index contributed by atoms with van der Waals surface area (Å²) in [5.41, 5.74) is 0. The van der Waals surface area contributed by atoms with Gasteiger partial charge in [-0.2, -0.15) is 0 Å². The van der Waals surface area contributed by atoms with E-state index >= 15 is 0 Å². The van der Waals surface area contributed by atoms with Gasteiger partial charge in [-0.05, 0) is 31.6 Å². The molecule has 1 amide bonds. The summed E-state index contributed by atoms with van der Waals surface area (Å²) >= 11 is 4.82. The van der Waals surface area contributed by atoms with Crippen LogP contribution in [0.15, 0.2) is 25.3 Å². The molecular weight excluding hydrogens is 248 g/mol. The number of hydrogen-bond acceptors (Lipinski definition) is 4. The highest BCUT2D eigenvalue weighted by Crippen LogP contribution is 1.97. The SMILES string of the molecule is C=CCN(CC=C)CCCCOC(=S)NC(C)=O. The van der Waals surface area contributed by atoms with Gasteiger partial charge in [0.2, 0.25) is 5.91 Å². The number of nitrogens with zero attached hydrogens (tertiary/aromatic N) is 1. The van der Waals surface area contributed by atoms with Gasteiger partial charge in [-0.1, -0.05) is 12.2 Å². The Morgan fingerprint density at radius 1 is 1.33 bits per heavy atom. The summed E-state index contributed by atoms with van der Waals surface area (Å²) in [7, 11) is 0. The van der Waals surface area contributed by atoms with Crippen molar-refractivity contribution in [3.63, 3.8) is 0 Å². The zero-order chi connectivity index (χ0) is 13.8. The molecule has 0 saturated carbocycles. The maximum atomic E-state index is 10.7. The molecule has 1 N–H and O–H groups in total. The highest BCUT2D eigenvalue weighted by atomic mass is 32.1. The number of carbonyl (C=O) groups excluding carboxylic acids is 1. The fourth-order valence-electron chi connectivity index (χ4n) is 1.40. The standard InChI is InChI=1S/C13H22N2O2S/c1-4-8-15(9-5-2)10-6-7-11-17-13(18)14-12(3)16/h4-5H,1-2,6-11H2,3H3,(H,14,16,18). The number of ether oxygens (including phenoxy) is 1. The van der Waals surface area contributed by atoms with Gasteiger partial charge in [-0.15, -0.1) is 13.2 Å². The normalized spacial score (nSPS) is 9.89. The highest BCUT2D eigenvalue weighted by molar-refractivity contribution is 7.80. The molecule has 5 heteroatoms. The van der Waals surface area contributed by atoms with E-state index in [2.05, 4.69) is 23.4 Å². The van der Waals surface area contributed by atoms with Crippen LogP contribution in [0.3, 0.4) is 0 Å². The Kier molecular flexibility index (Phi) is 10.2. The van der Waals surface area contributed by atoms with Gasteiger partial charge >= 0.3 is 0 Å². The van der Waals surface area contributed by atoms with Crippen molar-refractivity contribution in [1.82, 2.24) is 10.2 Å². The van der Waals surface area contributed by atoms with E-state index in [-0.39, 0.29) is 11.1 Å². The monoisotopic (exact) mass is 270 g/mol. The molecule has 102 valence electrons. The van der Waals surface area contributed by atoms with Gasteiger partial charge in [0.1, 0.15) is 0 Å². The molecule has 0 aromatic carbocycles. The van der Waals surface area contributed by atoms with E-state index in [9.17, 15) is 4.79 Å². The van der Waals surface area contributed by atoms with Gasteiger partial charge in [-0.3, -0.25) is 15.0 Å². The summed E-state index contributed by atoms with van der Waals surface area (Å²) in [5, 5.41) is 2.57. The minimum absolute atomic E-state index is 0.150. The molecule has 0 atom stereocenters. The number of unbranched alkanes of at least 4 members (excludes halogenated alkanes) is 1. The molecule has 0 heterocycles. The molecule has 0 saturated heterocycles. The Bertz CT molecular complexity index is 283. The fourth-order valence-corrected chi connectivity index (χ4v) is 1.63. The first-order valence-corrected chi connectivity index (χ1v) is 6.39. The van der Waals surface area contributed by atoms with Gasteiger partial charge in [0.25, 0.3) is 5.17 Å². The van der Waals surface area contributed by atoms with Crippen LogP contribution in [0.25, 0.3) is 0 Å². The summed E-state index contributed by atoms with van der Waals surface area (Å²) in [4.78, 5) is 12.9. The Labute approximate surface area is 115 Å². The van der Waals surface area contributed by atoms with E-state index in [0.29, 0.717) is 6.61 Å². The predicted molar refractivity (Wildman–Crippen MR) is 78.4 cm³/mol. The van der Waals surface area contributed by atoms with Crippen LogP contribution < -0.4 is 5.32 Å². The summed E-state index contributed by atoms with van der Waals surface area (Å²) in [5.74, 6) is -0.205. The van der Waals surface area contributed by atoms with E-state index in [0.717, 1.165) is 32.5 Å². The molecule has 0 aliphatic carbocycles. The average molecular weight is 270 g/mol. The van der Waals surface area contributed by atoms with E-state index < -0.39 is 0 Å². The first-order chi connectivity index (χ1) is 8.60. The van der Waals surface area contributed by atoms with Crippen molar-refractivity contribution in [1.29, 1.82) is 0 Å². The van der Waals surface area contributed by atoms with Crippen LogP contribution >= 0.6 is 12.2 Å². The molecule has 4 nitrogen and oxygen atoms in total. The molecule has 0 aliphatic heterocycles. The second-order valence-electron chi connectivity index (χ2n) is 3.86. The van der Waals surface area contributed by atoms with Crippen LogP contribution in [0.2, 0.25) is 0 Å². The molecule has 0 rings (SSSR count). The lowest BCUT2D eigenvalue weighted by Gasteiger charge is -2.18. The fraction of sp³-hybridized carbons (Fsp3) is 0.538. The quantitative estimate of drug-likeness (QED) is 0.394. The molecule has 0 radical (unpaired) electrons. The second-order valence-corrected chi connectivity index (χ2v) is 4.23. The third kappa shape index (κ3) is 9.99. The molecule has 0 unspecified atom stereocenters. The minimum atomic E-state index is -0.205. The largest absolute Gasteiger partial charge is 0.471 e. The van der Waals surface area contributed by atoms with Crippen LogP contribution in [-0.2, 0) is 9.53 Å². The minimum Gasteiger partial charge on any atom is -0.471 e. The topological polar surface area (TPSA) is 41.6 Å². The second kappa shape index (κ2) is 10.9. The van der Waals surface area contributed by atoms with Gasteiger partial charge in [0, 0.05) is 20.0 Å². The number of rotatable bonds is 9. The van der Waals surface area contributed by atoms with E-state index in [1.165, 1.54) is 6.92 Å². The van der Waals surface area contributed by atoms with E-state index in [1.54, 1.807) is 0 Å². The Balaban J connectivity index is 3.58. The van der Waals surface area contributed by atoms with Crippen molar-refractivity contribution in [2.75, 3.05) is 26.2 Å². The number of amides is 1. The highest BCUT2D eigenvalue weighted by Gasteiger charge is 2.02. The number of nitrogens with one attached hydrogen (secondary N) is 1. The van der Waals surface area contributed by atoms with Gasteiger partial charge < -0.3 is 4.74 Å². The van der Waals surface area contributed by atoms with Crippen molar-refractivity contribution >= 4 is 23.3 Å². The van der Waals surface area contributed by atoms with Crippen LogP contribution in [-0.4, -0.2) is 42.2 Å². The molecular formula is C13H22N2O2S. The lowest BCUT2D eigenvalue weighted by molar-refractivity contribution is -0.117. The smallest absolute Gasteiger partial charge is 0.263 e. The molecule has 0 spiro atoms. The van der Waals surface area contributed by atoms with Crippen LogP contribution in [0, 0.1) is 0 Å². The van der Waals surface area contributed by atoms with Crippen molar-refractivity contribution in [2.45, 2.75) is 19.8 Å². The lowest BCUT2D eigenvalue weighted by atomic mass is 10.3. The molecule has 0 bridgehead atoms. The molecule has 0 aromatic rings. The Morgan fingerprint density at radius 2 is 1.94 bits per heavy atom. The average Bonchev–Trinajstić information content (AvgIpc) is 2.28. The predicted octanol–water partition coefficient (Wildman–Crippen LogP) is 1.88. The molecule has 0 fully saturated rings. The van der Waals surface area contributed by atoms with Crippen LogP contribution in [0.5, 0.6) is 0 Å². The maximum Gasteiger partial charge on any atom is 0.263 e. The Morgan fingerprint density at radius 3 is 2.44 bits per heavy atom. The van der Waals surface area contributed by atoms with Crippen molar-refractivity contribution in [3.8, 4) is 0 Å². The molecule has 0 aliphatic rings. The molecule has 0 aromatic heterocycles. The first-order valence-electron chi connectivity index (χ1n) is 5.98. The number of thiocarbonyl (C=S) groups is 1. The van der Waals surface area contributed by atoms with Gasteiger partial charge in [-0.25, -0.2) is 0 Å². The van der Waals surface area contributed by atoms with Gasteiger partial charge in [0.15, 0.2) is 0 Å². The zero-order valence-electron chi connectivity index (χ0n) is 11.0.